The van der Waals surface area contributed by atoms with E-state index in [1.165, 1.54) is 17.1 Å². The van der Waals surface area contributed by atoms with E-state index in [1.807, 2.05) is 11.8 Å². The van der Waals surface area contributed by atoms with Crippen LogP contribution in [-0.2, 0) is 19.5 Å². The van der Waals surface area contributed by atoms with Crippen LogP contribution in [0.3, 0.4) is 0 Å². The van der Waals surface area contributed by atoms with Gasteiger partial charge in [0, 0.05) is 13.1 Å². The molecule has 1 aromatic rings. The van der Waals surface area contributed by atoms with Crippen LogP contribution in [0.2, 0.25) is 0 Å². The van der Waals surface area contributed by atoms with Crippen LogP contribution in [0.1, 0.15) is 32.2 Å². The molecule has 0 radical (unpaired) electrons. The van der Waals surface area contributed by atoms with Crippen molar-refractivity contribution < 1.29 is 0 Å². The molecule has 0 aromatic carbocycles. The Morgan fingerprint density at radius 1 is 1.47 bits per heavy atom. The molecule has 1 heterocycles. The Balaban J connectivity index is 2.42. The minimum Gasteiger partial charge on any atom is -0.311 e. The van der Waals surface area contributed by atoms with Gasteiger partial charge in [0.05, 0.1) is 11.4 Å². The van der Waals surface area contributed by atoms with Gasteiger partial charge in [-0.2, -0.15) is 16.9 Å². The Hall–Kier alpha value is -0.480. The zero-order chi connectivity index (χ0) is 12.7. The first kappa shape index (κ1) is 14.6. The summed E-state index contributed by atoms with van der Waals surface area (Å²) < 4.78 is 2.10. The zero-order valence-electron chi connectivity index (χ0n) is 11.5. The fraction of sp³-hybridized carbons (Fsp3) is 0.769. The number of aryl methyl sites for hydroxylation is 2. The smallest absolute Gasteiger partial charge is 0.0625 e. The van der Waals surface area contributed by atoms with E-state index in [0.29, 0.717) is 0 Å². The maximum Gasteiger partial charge on any atom is 0.0625 e. The van der Waals surface area contributed by atoms with Crippen LogP contribution < -0.4 is 5.32 Å². The molecule has 0 saturated carbocycles. The first-order valence-corrected chi connectivity index (χ1v) is 7.85. The minimum absolute atomic E-state index is 0.730. The van der Waals surface area contributed by atoms with E-state index in [4.69, 9.17) is 0 Å². The number of nitrogens with zero attached hydrogens (tertiary/aromatic N) is 2. The molecule has 0 spiro atoms. The topological polar surface area (TPSA) is 29.9 Å². The van der Waals surface area contributed by atoms with Gasteiger partial charge in [-0.3, -0.25) is 4.68 Å². The number of hydrogen-bond acceptors (Lipinski definition) is 3. The second-order valence-corrected chi connectivity index (χ2v) is 5.40. The van der Waals surface area contributed by atoms with Crippen molar-refractivity contribution in [1.82, 2.24) is 15.1 Å². The highest BCUT2D eigenvalue weighted by atomic mass is 32.2. The Kier molecular flexibility index (Phi) is 6.66. The van der Waals surface area contributed by atoms with Crippen LogP contribution in [0.5, 0.6) is 0 Å². The highest BCUT2D eigenvalue weighted by Crippen LogP contribution is 2.07. The number of hydrogen-bond donors (Lipinski definition) is 1. The molecule has 98 valence electrons. The van der Waals surface area contributed by atoms with Crippen LogP contribution in [0.4, 0.5) is 0 Å². The van der Waals surface area contributed by atoms with E-state index in [-0.39, 0.29) is 0 Å². The van der Waals surface area contributed by atoms with Gasteiger partial charge in [0.1, 0.15) is 0 Å². The van der Waals surface area contributed by atoms with Crippen molar-refractivity contribution in [2.45, 2.75) is 40.3 Å². The highest BCUT2D eigenvalue weighted by Gasteiger charge is 2.06. The Morgan fingerprint density at radius 2 is 2.24 bits per heavy atom. The molecular weight excluding hydrogens is 230 g/mol. The van der Waals surface area contributed by atoms with Gasteiger partial charge < -0.3 is 5.32 Å². The van der Waals surface area contributed by atoms with Crippen LogP contribution in [0.15, 0.2) is 6.07 Å². The van der Waals surface area contributed by atoms with E-state index in [9.17, 15) is 0 Å². The van der Waals surface area contributed by atoms with Crippen molar-refractivity contribution in [2.75, 3.05) is 18.6 Å². The van der Waals surface area contributed by atoms with Gasteiger partial charge in [0.15, 0.2) is 0 Å². The van der Waals surface area contributed by atoms with E-state index < -0.39 is 0 Å². The fourth-order valence-electron chi connectivity index (χ4n) is 1.89. The molecule has 0 amide bonds. The SMILES string of the molecule is CCc1cc(CNCC(C)CSC)n(CC)n1. The van der Waals surface area contributed by atoms with Crippen molar-refractivity contribution >= 4 is 11.8 Å². The third-order valence-electron chi connectivity index (χ3n) is 2.83. The summed E-state index contributed by atoms with van der Waals surface area (Å²) in [4.78, 5) is 0. The van der Waals surface area contributed by atoms with E-state index >= 15 is 0 Å². The lowest BCUT2D eigenvalue weighted by Gasteiger charge is -2.11. The van der Waals surface area contributed by atoms with Crippen molar-refractivity contribution in [3.8, 4) is 0 Å². The summed E-state index contributed by atoms with van der Waals surface area (Å²) in [7, 11) is 0. The van der Waals surface area contributed by atoms with Crippen molar-refractivity contribution in [2.24, 2.45) is 5.92 Å². The Morgan fingerprint density at radius 3 is 2.82 bits per heavy atom. The maximum atomic E-state index is 4.55. The van der Waals surface area contributed by atoms with E-state index in [1.54, 1.807) is 0 Å². The minimum atomic E-state index is 0.730. The molecule has 0 bridgehead atoms. The summed E-state index contributed by atoms with van der Waals surface area (Å²) in [6, 6.07) is 2.22. The third kappa shape index (κ3) is 4.72. The fourth-order valence-corrected chi connectivity index (χ4v) is 2.58. The predicted molar refractivity (Wildman–Crippen MR) is 76.5 cm³/mol. The number of nitrogens with one attached hydrogen (secondary N) is 1. The monoisotopic (exact) mass is 255 g/mol. The Labute approximate surface area is 109 Å². The van der Waals surface area contributed by atoms with Gasteiger partial charge in [-0.05, 0) is 43.9 Å². The average Bonchev–Trinajstić information content (AvgIpc) is 2.72. The molecule has 0 aliphatic rings. The molecule has 1 atom stereocenters. The molecule has 0 saturated heterocycles. The van der Waals surface area contributed by atoms with E-state index in [0.717, 1.165) is 32.0 Å². The Bertz CT molecular complexity index is 322. The van der Waals surface area contributed by atoms with Gasteiger partial charge in [-0.1, -0.05) is 13.8 Å². The molecule has 3 nitrogen and oxygen atoms in total. The lowest BCUT2D eigenvalue weighted by molar-refractivity contribution is 0.529. The summed E-state index contributed by atoms with van der Waals surface area (Å²) in [5, 5.41) is 8.08. The van der Waals surface area contributed by atoms with E-state index in [2.05, 4.69) is 48.2 Å². The lowest BCUT2D eigenvalue weighted by atomic mass is 10.2. The summed E-state index contributed by atoms with van der Waals surface area (Å²) in [6.45, 7) is 9.55. The van der Waals surface area contributed by atoms with Crippen molar-refractivity contribution in [1.29, 1.82) is 0 Å². The van der Waals surface area contributed by atoms with Crippen LogP contribution in [-0.4, -0.2) is 28.3 Å². The molecule has 0 fully saturated rings. The molecule has 4 heteroatoms. The predicted octanol–water partition coefficient (Wildman–Crippen LogP) is 2.55. The number of thioether (sulfide) groups is 1. The van der Waals surface area contributed by atoms with Crippen molar-refractivity contribution in [3.63, 3.8) is 0 Å². The molecular formula is C13H25N3S. The molecule has 1 rings (SSSR count). The summed E-state index contributed by atoms with van der Waals surface area (Å²) >= 11 is 1.91. The van der Waals surface area contributed by atoms with Gasteiger partial charge in [-0.15, -0.1) is 0 Å². The number of rotatable bonds is 8. The molecule has 1 aromatic heterocycles. The quantitative estimate of drug-likeness (QED) is 0.774. The number of aromatic nitrogens is 2. The van der Waals surface area contributed by atoms with Crippen molar-refractivity contribution in [3.05, 3.63) is 17.5 Å². The van der Waals surface area contributed by atoms with Gasteiger partial charge in [0.2, 0.25) is 0 Å². The van der Waals surface area contributed by atoms with Crippen LogP contribution in [0, 0.1) is 5.92 Å². The second-order valence-electron chi connectivity index (χ2n) is 4.49. The lowest BCUT2D eigenvalue weighted by Crippen LogP contribution is -2.23. The zero-order valence-corrected chi connectivity index (χ0v) is 12.3. The van der Waals surface area contributed by atoms with Gasteiger partial charge >= 0.3 is 0 Å². The normalized spacial score (nSPS) is 12.9. The standard InChI is InChI=1S/C13H25N3S/c1-5-12-7-13(16(6-2)15-12)9-14-8-11(3)10-17-4/h7,11,14H,5-6,8-10H2,1-4H3. The maximum absolute atomic E-state index is 4.55. The summed E-state index contributed by atoms with van der Waals surface area (Å²) in [5.41, 5.74) is 2.50. The molecule has 17 heavy (non-hydrogen) atoms. The molecule has 0 aliphatic heterocycles. The van der Waals surface area contributed by atoms with Gasteiger partial charge in [0.25, 0.3) is 0 Å². The first-order chi connectivity index (χ1) is 8.21. The summed E-state index contributed by atoms with van der Waals surface area (Å²) in [6.07, 6.45) is 3.18. The average molecular weight is 255 g/mol. The molecule has 0 aliphatic carbocycles. The molecule has 1 N–H and O–H groups in total. The summed E-state index contributed by atoms with van der Waals surface area (Å²) in [5.74, 6) is 1.95. The largest absolute Gasteiger partial charge is 0.311 e. The highest BCUT2D eigenvalue weighted by molar-refractivity contribution is 7.98. The second kappa shape index (κ2) is 7.77. The first-order valence-electron chi connectivity index (χ1n) is 6.46. The van der Waals surface area contributed by atoms with Crippen LogP contribution in [0.25, 0.3) is 0 Å². The van der Waals surface area contributed by atoms with Gasteiger partial charge in [-0.25, -0.2) is 0 Å². The molecule has 1 unspecified atom stereocenters. The van der Waals surface area contributed by atoms with Crippen LogP contribution >= 0.6 is 11.8 Å². The third-order valence-corrected chi connectivity index (χ3v) is 3.73.